The summed E-state index contributed by atoms with van der Waals surface area (Å²) in [7, 11) is 0. The Labute approximate surface area is 109 Å². The van der Waals surface area contributed by atoms with E-state index in [1.54, 1.807) is 0 Å². The van der Waals surface area contributed by atoms with Crippen LogP contribution in [0.1, 0.15) is 30.4 Å². The lowest BCUT2D eigenvalue weighted by molar-refractivity contribution is -0.124. The van der Waals surface area contributed by atoms with Crippen molar-refractivity contribution in [1.82, 2.24) is 10.6 Å². The maximum atomic E-state index is 11.9. The fourth-order valence-electron chi connectivity index (χ4n) is 2.29. The maximum Gasteiger partial charge on any atom is 0.224 e. The van der Waals surface area contributed by atoms with Gasteiger partial charge < -0.3 is 10.6 Å². The Morgan fingerprint density at radius 3 is 2.78 bits per heavy atom. The van der Waals surface area contributed by atoms with Gasteiger partial charge in [0.1, 0.15) is 0 Å². The number of aryl methyl sites for hydroxylation is 1. The van der Waals surface area contributed by atoms with Gasteiger partial charge in [-0.05, 0) is 31.4 Å². The van der Waals surface area contributed by atoms with E-state index < -0.39 is 0 Å². The zero-order valence-corrected chi connectivity index (χ0v) is 11.2. The third-order valence-corrected chi connectivity index (χ3v) is 3.66. The van der Waals surface area contributed by atoms with Crippen LogP contribution in [-0.2, 0) is 4.79 Å². The maximum absolute atomic E-state index is 11.9. The van der Waals surface area contributed by atoms with E-state index in [9.17, 15) is 4.79 Å². The molecule has 1 amide bonds. The Hall–Kier alpha value is -1.35. The second kappa shape index (κ2) is 6.01. The molecule has 0 radical (unpaired) electrons. The summed E-state index contributed by atoms with van der Waals surface area (Å²) >= 11 is 0. The first-order chi connectivity index (χ1) is 8.66. The van der Waals surface area contributed by atoms with Gasteiger partial charge in [0.15, 0.2) is 0 Å². The van der Waals surface area contributed by atoms with Gasteiger partial charge in [-0.15, -0.1) is 0 Å². The minimum absolute atomic E-state index is 0.162. The molecule has 3 nitrogen and oxygen atoms in total. The lowest BCUT2D eigenvalue weighted by Crippen LogP contribution is -2.34. The van der Waals surface area contributed by atoms with Crippen molar-refractivity contribution in [2.45, 2.75) is 26.2 Å². The smallest absolute Gasteiger partial charge is 0.224 e. The highest BCUT2D eigenvalue weighted by Crippen LogP contribution is 2.15. The highest BCUT2D eigenvalue weighted by atomic mass is 16.1. The molecule has 3 heteroatoms. The zero-order valence-electron chi connectivity index (χ0n) is 11.2. The summed E-state index contributed by atoms with van der Waals surface area (Å²) in [6.45, 7) is 6.75. The van der Waals surface area contributed by atoms with Crippen LogP contribution in [0.5, 0.6) is 0 Å². The van der Waals surface area contributed by atoms with Gasteiger partial charge in [0.25, 0.3) is 0 Å². The summed E-state index contributed by atoms with van der Waals surface area (Å²) in [5, 5.41) is 6.28. The van der Waals surface area contributed by atoms with Crippen LogP contribution in [0.3, 0.4) is 0 Å². The molecule has 0 aliphatic carbocycles. The number of nitrogens with one attached hydrogen (secondary N) is 2. The molecule has 2 unspecified atom stereocenters. The topological polar surface area (TPSA) is 41.1 Å². The largest absolute Gasteiger partial charge is 0.355 e. The normalized spacial score (nSPS) is 20.7. The Morgan fingerprint density at radius 1 is 1.44 bits per heavy atom. The summed E-state index contributed by atoms with van der Waals surface area (Å²) < 4.78 is 0. The average molecular weight is 246 g/mol. The number of rotatable bonds is 4. The molecule has 0 aromatic heterocycles. The molecule has 2 atom stereocenters. The van der Waals surface area contributed by atoms with Crippen LogP contribution in [-0.4, -0.2) is 25.5 Å². The summed E-state index contributed by atoms with van der Waals surface area (Å²) in [5.74, 6) is 0.720. The Morgan fingerprint density at radius 2 is 2.17 bits per heavy atom. The molecule has 1 fully saturated rings. The molecular formula is C15H22N2O. The summed E-state index contributed by atoms with van der Waals surface area (Å²) in [5.41, 5.74) is 2.55. The van der Waals surface area contributed by atoms with Crippen molar-refractivity contribution in [3.63, 3.8) is 0 Å². The number of carbonyl (C=O) groups excluding carboxylic acids is 1. The van der Waals surface area contributed by atoms with Crippen molar-refractivity contribution >= 4 is 5.91 Å². The average Bonchev–Trinajstić information content (AvgIpc) is 2.90. The fourth-order valence-corrected chi connectivity index (χ4v) is 2.29. The highest BCUT2D eigenvalue weighted by molar-refractivity contribution is 5.79. The Balaban J connectivity index is 1.82. The SMILES string of the molecule is Cc1ccc(C(C)CNC(=O)C2CCNC2)cc1. The van der Waals surface area contributed by atoms with Gasteiger partial charge in [0.2, 0.25) is 5.91 Å². The summed E-state index contributed by atoms with van der Waals surface area (Å²) in [6, 6.07) is 8.52. The first kappa shape index (κ1) is 13.1. The molecule has 1 aliphatic rings. The van der Waals surface area contributed by atoms with Gasteiger partial charge in [-0.2, -0.15) is 0 Å². The Kier molecular flexibility index (Phi) is 4.37. The molecule has 1 aromatic carbocycles. The van der Waals surface area contributed by atoms with E-state index >= 15 is 0 Å². The third kappa shape index (κ3) is 3.33. The van der Waals surface area contributed by atoms with Crippen LogP contribution in [0.25, 0.3) is 0 Å². The van der Waals surface area contributed by atoms with E-state index in [-0.39, 0.29) is 11.8 Å². The molecule has 98 valence electrons. The van der Waals surface area contributed by atoms with E-state index in [1.807, 2.05) is 0 Å². The number of carbonyl (C=O) groups is 1. The van der Waals surface area contributed by atoms with E-state index in [0.717, 1.165) is 26.1 Å². The van der Waals surface area contributed by atoms with Gasteiger partial charge in [0.05, 0.1) is 5.92 Å². The second-order valence-corrected chi connectivity index (χ2v) is 5.25. The molecule has 1 aliphatic heterocycles. The molecule has 18 heavy (non-hydrogen) atoms. The van der Waals surface area contributed by atoms with Gasteiger partial charge in [-0.3, -0.25) is 4.79 Å². The van der Waals surface area contributed by atoms with Crippen LogP contribution in [0, 0.1) is 12.8 Å². The first-order valence-electron chi connectivity index (χ1n) is 6.72. The van der Waals surface area contributed by atoms with Crippen LogP contribution < -0.4 is 10.6 Å². The Bertz CT molecular complexity index is 393. The molecule has 2 N–H and O–H groups in total. The first-order valence-corrected chi connectivity index (χ1v) is 6.72. The quantitative estimate of drug-likeness (QED) is 0.851. The third-order valence-electron chi connectivity index (χ3n) is 3.66. The minimum Gasteiger partial charge on any atom is -0.355 e. The van der Waals surface area contributed by atoms with Crippen molar-refractivity contribution in [3.05, 3.63) is 35.4 Å². The van der Waals surface area contributed by atoms with Crippen LogP contribution >= 0.6 is 0 Å². The molecule has 0 bridgehead atoms. The van der Waals surface area contributed by atoms with E-state index in [2.05, 4.69) is 48.7 Å². The number of hydrogen-bond donors (Lipinski definition) is 2. The highest BCUT2D eigenvalue weighted by Gasteiger charge is 2.22. The predicted molar refractivity (Wildman–Crippen MR) is 73.6 cm³/mol. The van der Waals surface area contributed by atoms with Crippen LogP contribution in [0.15, 0.2) is 24.3 Å². The molecule has 0 saturated carbocycles. The summed E-state index contributed by atoms with van der Waals surface area (Å²) in [4.78, 5) is 11.9. The molecule has 1 heterocycles. The van der Waals surface area contributed by atoms with Gasteiger partial charge in [0, 0.05) is 13.1 Å². The molecule has 1 saturated heterocycles. The number of hydrogen-bond acceptors (Lipinski definition) is 2. The predicted octanol–water partition coefficient (Wildman–Crippen LogP) is 1.82. The zero-order chi connectivity index (χ0) is 13.0. The van der Waals surface area contributed by atoms with E-state index in [0.29, 0.717) is 5.92 Å². The van der Waals surface area contributed by atoms with Crippen molar-refractivity contribution in [3.8, 4) is 0 Å². The van der Waals surface area contributed by atoms with Crippen LogP contribution in [0.4, 0.5) is 0 Å². The lowest BCUT2D eigenvalue weighted by Gasteiger charge is -2.15. The second-order valence-electron chi connectivity index (χ2n) is 5.25. The molecule has 0 spiro atoms. The lowest BCUT2D eigenvalue weighted by atomic mass is 9.99. The number of benzene rings is 1. The van der Waals surface area contributed by atoms with E-state index in [4.69, 9.17) is 0 Å². The van der Waals surface area contributed by atoms with Crippen molar-refractivity contribution in [1.29, 1.82) is 0 Å². The fraction of sp³-hybridized carbons (Fsp3) is 0.533. The van der Waals surface area contributed by atoms with Crippen molar-refractivity contribution in [2.75, 3.05) is 19.6 Å². The standard InChI is InChI=1S/C15H22N2O/c1-11-3-5-13(6-4-11)12(2)9-17-15(18)14-7-8-16-10-14/h3-6,12,14,16H,7-10H2,1-2H3,(H,17,18). The monoisotopic (exact) mass is 246 g/mol. The van der Waals surface area contributed by atoms with Crippen molar-refractivity contribution in [2.24, 2.45) is 5.92 Å². The summed E-state index contributed by atoms with van der Waals surface area (Å²) in [6.07, 6.45) is 0.963. The molecular weight excluding hydrogens is 224 g/mol. The molecule has 2 rings (SSSR count). The van der Waals surface area contributed by atoms with Crippen LogP contribution in [0.2, 0.25) is 0 Å². The van der Waals surface area contributed by atoms with Crippen molar-refractivity contribution < 1.29 is 4.79 Å². The number of amides is 1. The molecule has 1 aromatic rings. The van der Waals surface area contributed by atoms with E-state index in [1.165, 1.54) is 11.1 Å². The van der Waals surface area contributed by atoms with Gasteiger partial charge in [-0.1, -0.05) is 36.8 Å². The van der Waals surface area contributed by atoms with Gasteiger partial charge >= 0.3 is 0 Å². The minimum atomic E-state index is 0.162. The van der Waals surface area contributed by atoms with Gasteiger partial charge in [-0.25, -0.2) is 0 Å².